The van der Waals surface area contributed by atoms with E-state index in [9.17, 15) is 0 Å². The molecule has 1 aliphatic heterocycles. The summed E-state index contributed by atoms with van der Waals surface area (Å²) >= 11 is 0. The lowest BCUT2D eigenvalue weighted by molar-refractivity contribution is 0.649. The van der Waals surface area contributed by atoms with Crippen LogP contribution in [0.25, 0.3) is 11.0 Å². The first kappa shape index (κ1) is 11.2. The number of fused-ring (bicyclic) bond motifs is 3. The molecular weight excluding hydrogens is 228 g/mol. The molecule has 1 aliphatic rings. The van der Waals surface area contributed by atoms with E-state index in [-0.39, 0.29) is 6.29 Å². The molecule has 0 aliphatic carbocycles. The van der Waals surface area contributed by atoms with Crippen molar-refractivity contribution in [1.29, 1.82) is 0 Å². The number of rotatable bonds is 0. The van der Waals surface area contributed by atoms with Crippen molar-refractivity contribution in [3.63, 3.8) is 0 Å². The molecule has 0 amide bonds. The van der Waals surface area contributed by atoms with Crippen LogP contribution in [-0.2, 0) is 0 Å². The van der Waals surface area contributed by atoms with Crippen molar-refractivity contribution in [3.05, 3.63) is 23.5 Å². The third-order valence-electron chi connectivity index (χ3n) is 3.39. The molecule has 0 radical (unpaired) electrons. The minimum Gasteiger partial charge on any atom is -0.339 e. The molecule has 3 rings (SSSR count). The molecule has 1 aromatic heterocycles. The van der Waals surface area contributed by atoms with Crippen LogP contribution in [0.2, 0.25) is 0 Å². The highest BCUT2D eigenvalue weighted by molar-refractivity contribution is 6.00. The predicted molar refractivity (Wildman–Crippen MR) is 72.1 cm³/mol. The normalized spacial score (nSPS) is 18.6. The van der Waals surface area contributed by atoms with Gasteiger partial charge in [0.15, 0.2) is 6.29 Å². The first-order valence-electron chi connectivity index (χ1n) is 5.80. The number of hydrogen-bond acceptors (Lipinski definition) is 6. The van der Waals surface area contributed by atoms with Gasteiger partial charge in [-0.25, -0.2) is 10.8 Å². The lowest BCUT2D eigenvalue weighted by atomic mass is 10.1. The average Bonchev–Trinajstić information content (AvgIpc) is 2.56. The summed E-state index contributed by atoms with van der Waals surface area (Å²) in [5.41, 5.74) is 11.5. The fourth-order valence-corrected chi connectivity index (χ4v) is 2.48. The number of aryl methyl sites for hydroxylation is 2. The summed E-state index contributed by atoms with van der Waals surface area (Å²) in [6.07, 6.45) is 1.39. The quantitative estimate of drug-likeness (QED) is 0.661. The van der Waals surface area contributed by atoms with Gasteiger partial charge in [0.1, 0.15) is 11.2 Å². The summed E-state index contributed by atoms with van der Waals surface area (Å²) < 4.78 is 0. The van der Waals surface area contributed by atoms with Gasteiger partial charge in [0.25, 0.3) is 0 Å². The Morgan fingerprint density at radius 1 is 1.28 bits per heavy atom. The van der Waals surface area contributed by atoms with Gasteiger partial charge in [-0.2, -0.15) is 0 Å². The van der Waals surface area contributed by atoms with Crippen molar-refractivity contribution >= 4 is 22.4 Å². The van der Waals surface area contributed by atoms with E-state index in [1.807, 2.05) is 31.9 Å². The van der Waals surface area contributed by atoms with Gasteiger partial charge in [0.05, 0.1) is 16.9 Å². The summed E-state index contributed by atoms with van der Waals surface area (Å²) in [6.45, 7) is 3.94. The van der Waals surface area contributed by atoms with Crippen molar-refractivity contribution in [2.45, 2.75) is 20.1 Å². The maximum atomic E-state index is 6.06. The van der Waals surface area contributed by atoms with E-state index in [2.05, 4.69) is 9.97 Å². The summed E-state index contributed by atoms with van der Waals surface area (Å²) in [5.74, 6) is 6.06. The Morgan fingerprint density at radius 2 is 2.00 bits per heavy atom. The molecule has 18 heavy (non-hydrogen) atoms. The van der Waals surface area contributed by atoms with E-state index in [0.717, 1.165) is 33.7 Å². The van der Waals surface area contributed by atoms with Crippen LogP contribution in [0.1, 0.15) is 11.3 Å². The van der Waals surface area contributed by atoms with Crippen LogP contribution in [0.3, 0.4) is 0 Å². The molecule has 1 atom stereocenters. The number of nitrogens with two attached hydrogens (primary N) is 2. The van der Waals surface area contributed by atoms with Gasteiger partial charge in [-0.15, -0.1) is 0 Å². The molecule has 0 spiro atoms. The molecule has 2 aromatic rings. The van der Waals surface area contributed by atoms with Crippen LogP contribution in [0.15, 0.2) is 12.3 Å². The van der Waals surface area contributed by atoms with Crippen molar-refractivity contribution < 1.29 is 0 Å². The number of hydrazine groups is 1. The van der Waals surface area contributed by atoms with Gasteiger partial charge in [-0.05, 0) is 25.5 Å². The van der Waals surface area contributed by atoms with Crippen LogP contribution in [-0.4, -0.2) is 23.3 Å². The zero-order valence-corrected chi connectivity index (χ0v) is 10.7. The van der Waals surface area contributed by atoms with E-state index in [0.29, 0.717) is 0 Å². The van der Waals surface area contributed by atoms with Crippen molar-refractivity contribution in [2.75, 3.05) is 17.0 Å². The molecule has 0 saturated carbocycles. The predicted octanol–water partition coefficient (Wildman–Crippen LogP) is 0.619. The molecule has 1 unspecified atom stereocenters. The number of anilines is 2. The Labute approximate surface area is 105 Å². The second-order valence-electron chi connectivity index (χ2n) is 4.70. The van der Waals surface area contributed by atoms with E-state index in [4.69, 9.17) is 11.6 Å². The number of nitrogens with zero attached hydrogens (tertiary/aromatic N) is 4. The highest BCUT2D eigenvalue weighted by Crippen LogP contribution is 2.42. The summed E-state index contributed by atoms with van der Waals surface area (Å²) in [5, 5.41) is 1.55. The summed E-state index contributed by atoms with van der Waals surface area (Å²) in [4.78, 5) is 10.9. The van der Waals surface area contributed by atoms with Crippen molar-refractivity contribution in [3.8, 4) is 0 Å². The Morgan fingerprint density at radius 3 is 2.72 bits per heavy atom. The maximum absolute atomic E-state index is 6.06. The number of hydrogen-bond donors (Lipinski definition) is 2. The number of aromatic nitrogens is 2. The van der Waals surface area contributed by atoms with Crippen molar-refractivity contribution in [1.82, 2.24) is 9.97 Å². The van der Waals surface area contributed by atoms with E-state index >= 15 is 0 Å². The van der Waals surface area contributed by atoms with E-state index in [1.54, 1.807) is 11.2 Å². The monoisotopic (exact) mass is 244 g/mol. The lowest BCUT2D eigenvalue weighted by Crippen LogP contribution is -2.51. The standard InChI is InChI=1S/C12H16N6/c1-6-4-8-9(16-7(2)5-15-8)11-10(6)17(3)12(13)18(11)14/h4-5,12H,13-14H2,1-3H3. The zero-order valence-electron chi connectivity index (χ0n) is 10.7. The molecule has 1 aromatic carbocycles. The summed E-state index contributed by atoms with van der Waals surface area (Å²) in [7, 11) is 1.93. The molecule has 6 nitrogen and oxygen atoms in total. The third-order valence-corrected chi connectivity index (χ3v) is 3.39. The minimum absolute atomic E-state index is 0.369. The lowest BCUT2D eigenvalue weighted by Gasteiger charge is -2.22. The third kappa shape index (κ3) is 1.30. The van der Waals surface area contributed by atoms with E-state index < -0.39 is 0 Å². The van der Waals surface area contributed by atoms with Crippen LogP contribution in [0.5, 0.6) is 0 Å². The van der Waals surface area contributed by atoms with Gasteiger partial charge < -0.3 is 4.90 Å². The van der Waals surface area contributed by atoms with Gasteiger partial charge in [0, 0.05) is 13.2 Å². The molecule has 94 valence electrons. The molecule has 4 N–H and O–H groups in total. The Hall–Kier alpha value is -1.92. The SMILES string of the molecule is Cc1cnc2cc(C)c3c(c2n1)N(N)C(N)N3C. The first-order valence-corrected chi connectivity index (χ1v) is 5.80. The second kappa shape index (κ2) is 3.54. The smallest absolute Gasteiger partial charge is 0.169 e. The van der Waals surface area contributed by atoms with Crippen molar-refractivity contribution in [2.24, 2.45) is 11.6 Å². The highest BCUT2D eigenvalue weighted by Gasteiger charge is 2.33. The minimum atomic E-state index is -0.369. The van der Waals surface area contributed by atoms with Gasteiger partial charge >= 0.3 is 0 Å². The molecule has 0 fully saturated rings. The second-order valence-corrected chi connectivity index (χ2v) is 4.70. The fraction of sp³-hybridized carbons (Fsp3) is 0.333. The molecule has 6 heteroatoms. The Balaban J connectivity index is 2.43. The highest BCUT2D eigenvalue weighted by atomic mass is 15.6. The van der Waals surface area contributed by atoms with Gasteiger partial charge in [0.2, 0.25) is 0 Å². The molecular formula is C12H16N6. The Bertz CT molecular complexity index is 638. The van der Waals surface area contributed by atoms with Crippen LogP contribution < -0.4 is 21.5 Å². The van der Waals surface area contributed by atoms with E-state index in [1.165, 1.54) is 0 Å². The first-order chi connectivity index (χ1) is 8.50. The summed E-state index contributed by atoms with van der Waals surface area (Å²) in [6, 6.07) is 2.02. The largest absolute Gasteiger partial charge is 0.339 e. The zero-order chi connectivity index (χ0) is 13.0. The molecule has 0 saturated heterocycles. The molecule has 2 heterocycles. The number of benzene rings is 1. The maximum Gasteiger partial charge on any atom is 0.169 e. The van der Waals surface area contributed by atoms with Crippen LogP contribution >= 0.6 is 0 Å². The van der Waals surface area contributed by atoms with Gasteiger partial charge in [-0.3, -0.25) is 15.7 Å². The van der Waals surface area contributed by atoms with Crippen LogP contribution in [0.4, 0.5) is 11.4 Å². The molecule has 0 bridgehead atoms. The van der Waals surface area contributed by atoms with Crippen LogP contribution in [0, 0.1) is 13.8 Å². The average molecular weight is 244 g/mol. The van der Waals surface area contributed by atoms with Gasteiger partial charge in [-0.1, -0.05) is 0 Å². The Kier molecular flexibility index (Phi) is 2.20. The topological polar surface area (TPSA) is 84.3 Å². The fourth-order valence-electron chi connectivity index (χ4n) is 2.48.